The molecule has 33 heavy (non-hydrogen) atoms. The molecule has 3 aromatic rings. The maximum Gasteiger partial charge on any atom is 0.331 e. The van der Waals surface area contributed by atoms with Crippen molar-refractivity contribution in [1.82, 2.24) is 0 Å². The Labute approximate surface area is 192 Å². The van der Waals surface area contributed by atoms with Gasteiger partial charge in [-0.1, -0.05) is 42.5 Å². The summed E-state index contributed by atoms with van der Waals surface area (Å²) in [5.74, 6) is 0.618. The van der Waals surface area contributed by atoms with Crippen LogP contribution in [0.25, 0.3) is 6.08 Å². The Balaban J connectivity index is 1.45. The summed E-state index contributed by atoms with van der Waals surface area (Å²) in [5.41, 5.74) is 2.30. The summed E-state index contributed by atoms with van der Waals surface area (Å²) in [7, 11) is 3.01. The molecule has 0 radical (unpaired) electrons. The second kappa shape index (κ2) is 12.0. The molecule has 0 aliphatic rings. The molecule has 0 unspecified atom stereocenters. The van der Waals surface area contributed by atoms with Crippen LogP contribution in [0.2, 0.25) is 0 Å². The number of carbonyl (C=O) groups excluding carboxylic acids is 2. The van der Waals surface area contributed by atoms with E-state index in [0.29, 0.717) is 23.8 Å². The van der Waals surface area contributed by atoms with Gasteiger partial charge in [-0.05, 0) is 41.5 Å². The molecule has 7 heteroatoms. The highest BCUT2D eigenvalue weighted by molar-refractivity contribution is 5.95. The number of rotatable bonds is 10. The van der Waals surface area contributed by atoms with Gasteiger partial charge >= 0.3 is 5.97 Å². The fraction of sp³-hybridized carbons (Fsp3) is 0.154. The first kappa shape index (κ1) is 23.4. The minimum atomic E-state index is -0.632. The van der Waals surface area contributed by atoms with Crippen molar-refractivity contribution in [3.05, 3.63) is 90.0 Å². The zero-order valence-corrected chi connectivity index (χ0v) is 18.4. The predicted molar refractivity (Wildman–Crippen MR) is 125 cm³/mol. The Morgan fingerprint density at radius 3 is 2.30 bits per heavy atom. The van der Waals surface area contributed by atoms with Crippen LogP contribution in [0.4, 0.5) is 5.69 Å². The fourth-order valence-electron chi connectivity index (χ4n) is 2.86. The van der Waals surface area contributed by atoms with Crippen LogP contribution in [-0.2, 0) is 20.9 Å². The van der Waals surface area contributed by atoms with Crippen molar-refractivity contribution < 1.29 is 28.5 Å². The number of ether oxygens (including phenoxy) is 4. The fourth-order valence-corrected chi connectivity index (χ4v) is 2.86. The molecule has 1 N–H and O–H groups in total. The van der Waals surface area contributed by atoms with Gasteiger partial charge in [0.05, 0.1) is 19.9 Å². The van der Waals surface area contributed by atoms with Crippen LogP contribution in [0, 0.1) is 0 Å². The van der Waals surface area contributed by atoms with Gasteiger partial charge in [0.25, 0.3) is 5.91 Å². The van der Waals surface area contributed by atoms with Crippen LogP contribution in [0.1, 0.15) is 11.1 Å². The van der Waals surface area contributed by atoms with Crippen molar-refractivity contribution >= 4 is 23.6 Å². The molecule has 0 fully saturated rings. The molecule has 0 aromatic heterocycles. The monoisotopic (exact) mass is 447 g/mol. The lowest BCUT2D eigenvalue weighted by atomic mass is 10.2. The quantitative estimate of drug-likeness (QED) is 0.365. The summed E-state index contributed by atoms with van der Waals surface area (Å²) in [6.45, 7) is 0.0435. The molecule has 3 aromatic carbocycles. The van der Waals surface area contributed by atoms with Crippen LogP contribution < -0.4 is 19.5 Å². The zero-order chi connectivity index (χ0) is 23.5. The lowest BCUT2D eigenvalue weighted by molar-refractivity contribution is -0.142. The van der Waals surface area contributed by atoms with E-state index in [1.165, 1.54) is 20.3 Å². The van der Waals surface area contributed by atoms with E-state index in [0.717, 1.165) is 16.9 Å². The SMILES string of the molecule is COc1ccc(OC)c(NC(=O)COC(=O)/C=C/c2ccc(OCc3ccccc3)cc2)c1. The molecule has 0 aliphatic heterocycles. The number of hydrogen-bond donors (Lipinski definition) is 1. The van der Waals surface area contributed by atoms with Crippen molar-refractivity contribution in [2.45, 2.75) is 6.61 Å². The van der Waals surface area contributed by atoms with E-state index in [1.807, 2.05) is 54.6 Å². The molecular weight excluding hydrogens is 422 g/mol. The number of methoxy groups -OCH3 is 2. The Morgan fingerprint density at radius 2 is 1.61 bits per heavy atom. The van der Waals surface area contributed by atoms with Crippen LogP contribution in [0.3, 0.4) is 0 Å². The molecule has 0 spiro atoms. The first-order chi connectivity index (χ1) is 16.1. The first-order valence-corrected chi connectivity index (χ1v) is 10.2. The summed E-state index contributed by atoms with van der Waals surface area (Å²) >= 11 is 0. The van der Waals surface area contributed by atoms with Gasteiger partial charge in [0.15, 0.2) is 6.61 Å². The number of anilines is 1. The summed E-state index contributed by atoms with van der Waals surface area (Å²) in [5, 5.41) is 2.64. The highest BCUT2D eigenvalue weighted by atomic mass is 16.5. The average Bonchev–Trinajstić information content (AvgIpc) is 2.86. The van der Waals surface area contributed by atoms with E-state index in [-0.39, 0.29) is 0 Å². The van der Waals surface area contributed by atoms with Gasteiger partial charge in [0, 0.05) is 12.1 Å². The third-order valence-corrected chi connectivity index (χ3v) is 4.57. The Morgan fingerprint density at radius 1 is 0.879 bits per heavy atom. The maximum absolute atomic E-state index is 12.1. The number of nitrogens with one attached hydrogen (secondary N) is 1. The minimum absolute atomic E-state index is 0.419. The van der Waals surface area contributed by atoms with Gasteiger partial charge in [0.1, 0.15) is 23.9 Å². The Bertz CT molecular complexity index is 1090. The van der Waals surface area contributed by atoms with E-state index in [4.69, 9.17) is 18.9 Å². The van der Waals surface area contributed by atoms with E-state index in [9.17, 15) is 9.59 Å². The van der Waals surface area contributed by atoms with E-state index in [1.54, 1.807) is 24.3 Å². The number of benzene rings is 3. The van der Waals surface area contributed by atoms with Gasteiger partial charge in [-0.2, -0.15) is 0 Å². The largest absolute Gasteiger partial charge is 0.497 e. The van der Waals surface area contributed by atoms with E-state index in [2.05, 4.69) is 5.32 Å². The molecule has 170 valence electrons. The number of hydrogen-bond acceptors (Lipinski definition) is 6. The van der Waals surface area contributed by atoms with Crippen molar-refractivity contribution in [3.8, 4) is 17.2 Å². The molecule has 0 saturated heterocycles. The number of esters is 1. The van der Waals surface area contributed by atoms with Crippen LogP contribution in [0.15, 0.2) is 78.9 Å². The second-order valence-electron chi connectivity index (χ2n) is 6.90. The third kappa shape index (κ3) is 7.43. The molecule has 0 aliphatic carbocycles. The third-order valence-electron chi connectivity index (χ3n) is 4.57. The Hall–Kier alpha value is -4.26. The minimum Gasteiger partial charge on any atom is -0.497 e. The van der Waals surface area contributed by atoms with Gasteiger partial charge in [-0.15, -0.1) is 0 Å². The molecular formula is C26H25NO6. The van der Waals surface area contributed by atoms with Crippen molar-refractivity contribution in [1.29, 1.82) is 0 Å². The highest BCUT2D eigenvalue weighted by Crippen LogP contribution is 2.28. The average molecular weight is 447 g/mol. The summed E-state index contributed by atoms with van der Waals surface area (Å²) in [4.78, 5) is 24.1. The second-order valence-corrected chi connectivity index (χ2v) is 6.90. The summed E-state index contributed by atoms with van der Waals surface area (Å²) in [6.07, 6.45) is 2.87. The molecule has 0 bridgehead atoms. The van der Waals surface area contributed by atoms with Gasteiger partial charge in [0.2, 0.25) is 0 Å². The van der Waals surface area contributed by atoms with Gasteiger partial charge in [-0.25, -0.2) is 4.79 Å². The maximum atomic E-state index is 12.1. The van der Waals surface area contributed by atoms with Crippen molar-refractivity contribution in [2.24, 2.45) is 0 Å². The molecule has 0 heterocycles. The highest BCUT2D eigenvalue weighted by Gasteiger charge is 2.10. The van der Waals surface area contributed by atoms with Crippen LogP contribution in [0.5, 0.6) is 17.2 Å². The summed E-state index contributed by atoms with van der Waals surface area (Å²) in [6, 6.07) is 22.2. The topological polar surface area (TPSA) is 83.1 Å². The van der Waals surface area contributed by atoms with Crippen LogP contribution >= 0.6 is 0 Å². The Kier molecular flexibility index (Phi) is 8.48. The standard InChI is InChI=1S/C26H25NO6/c1-30-22-13-14-24(31-2)23(16-22)27-25(28)18-33-26(29)15-10-19-8-11-21(12-9-19)32-17-20-6-4-3-5-7-20/h3-16H,17-18H2,1-2H3,(H,27,28)/b15-10+. The molecule has 0 saturated carbocycles. The number of amides is 1. The molecule has 1 amide bonds. The van der Waals surface area contributed by atoms with Crippen molar-refractivity contribution in [2.75, 3.05) is 26.1 Å². The zero-order valence-electron chi connectivity index (χ0n) is 18.4. The normalized spacial score (nSPS) is 10.5. The predicted octanol–water partition coefficient (Wildman–Crippen LogP) is 4.48. The van der Waals surface area contributed by atoms with Gasteiger partial charge < -0.3 is 24.3 Å². The molecule has 0 atom stereocenters. The lowest BCUT2D eigenvalue weighted by Crippen LogP contribution is -2.20. The van der Waals surface area contributed by atoms with Gasteiger partial charge in [-0.3, -0.25) is 4.79 Å². The smallest absolute Gasteiger partial charge is 0.331 e. The lowest BCUT2D eigenvalue weighted by Gasteiger charge is -2.11. The first-order valence-electron chi connectivity index (χ1n) is 10.2. The van der Waals surface area contributed by atoms with E-state index >= 15 is 0 Å². The molecule has 7 nitrogen and oxygen atoms in total. The van der Waals surface area contributed by atoms with E-state index < -0.39 is 18.5 Å². The van der Waals surface area contributed by atoms with Crippen molar-refractivity contribution in [3.63, 3.8) is 0 Å². The number of carbonyl (C=O) groups is 2. The molecule has 3 rings (SSSR count). The summed E-state index contributed by atoms with van der Waals surface area (Å²) < 4.78 is 21.1. The van der Waals surface area contributed by atoms with Crippen LogP contribution in [-0.4, -0.2) is 32.7 Å².